The number of benzene rings is 1. The number of piperazine rings is 1. The molecule has 0 aliphatic carbocycles. The van der Waals surface area contributed by atoms with Crippen LogP contribution in [-0.4, -0.2) is 91.9 Å². The molecule has 1 unspecified atom stereocenters. The number of imidazole rings is 1. The molecule has 3 N–H and O–H groups in total. The van der Waals surface area contributed by atoms with E-state index in [0.29, 0.717) is 19.1 Å². The SMILES string of the molecule is Cc1nc2ccccn2c1CN1CCN(CC(O)COc2ccccc2C(C)C)CC1.O=C(O)C(=O)O. The lowest BCUT2D eigenvalue weighted by atomic mass is 10.0. The first-order valence-electron chi connectivity index (χ1n) is 12.4. The maximum Gasteiger partial charge on any atom is 0.414 e. The lowest BCUT2D eigenvalue weighted by Crippen LogP contribution is -2.49. The summed E-state index contributed by atoms with van der Waals surface area (Å²) in [5.41, 5.74) is 4.56. The number of hydrogen-bond donors (Lipinski definition) is 3. The van der Waals surface area contributed by atoms with Gasteiger partial charge < -0.3 is 24.5 Å². The van der Waals surface area contributed by atoms with Crippen molar-refractivity contribution in [3.63, 3.8) is 0 Å². The summed E-state index contributed by atoms with van der Waals surface area (Å²) >= 11 is 0. The molecule has 4 rings (SSSR count). The van der Waals surface area contributed by atoms with Crippen LogP contribution in [0.3, 0.4) is 0 Å². The molecule has 200 valence electrons. The average Bonchev–Trinajstić information content (AvgIpc) is 3.19. The molecule has 1 aliphatic rings. The molecule has 3 aromatic rings. The van der Waals surface area contributed by atoms with Gasteiger partial charge in [-0.3, -0.25) is 9.80 Å². The first-order chi connectivity index (χ1) is 17.7. The first kappa shape index (κ1) is 28.1. The van der Waals surface area contributed by atoms with Crippen LogP contribution in [0.2, 0.25) is 0 Å². The number of carbonyl (C=O) groups is 2. The molecule has 1 saturated heterocycles. The maximum absolute atomic E-state index is 10.5. The number of fused-ring (bicyclic) bond motifs is 1. The van der Waals surface area contributed by atoms with Gasteiger partial charge in [-0.2, -0.15) is 0 Å². The summed E-state index contributed by atoms with van der Waals surface area (Å²) in [5, 5.41) is 25.3. The standard InChI is InChI=1S/C25H34N4O2.C2H2O4/c1-19(2)22-8-4-5-9-24(22)31-18-21(30)16-27-12-14-28(15-13-27)17-23-20(3)26-25-10-6-7-11-29(23)25;3-1(4)2(5)6/h4-11,19,21,30H,12-18H2,1-3H3;(H,3,4)(H,5,6). The normalized spacial score (nSPS) is 15.3. The van der Waals surface area contributed by atoms with Gasteiger partial charge in [-0.15, -0.1) is 0 Å². The van der Waals surface area contributed by atoms with E-state index in [1.807, 2.05) is 24.3 Å². The van der Waals surface area contributed by atoms with Gasteiger partial charge in [0.25, 0.3) is 0 Å². The molecule has 0 bridgehead atoms. The molecule has 3 heterocycles. The largest absolute Gasteiger partial charge is 0.491 e. The van der Waals surface area contributed by atoms with Crippen molar-refractivity contribution in [1.29, 1.82) is 0 Å². The van der Waals surface area contributed by atoms with Crippen molar-refractivity contribution in [1.82, 2.24) is 19.2 Å². The summed E-state index contributed by atoms with van der Waals surface area (Å²) in [6, 6.07) is 14.2. The van der Waals surface area contributed by atoms with Crippen LogP contribution in [0.25, 0.3) is 5.65 Å². The number of aliphatic hydroxyl groups is 1. The van der Waals surface area contributed by atoms with Crippen LogP contribution in [0.15, 0.2) is 48.7 Å². The van der Waals surface area contributed by atoms with Crippen molar-refractivity contribution >= 4 is 17.6 Å². The minimum Gasteiger partial charge on any atom is -0.491 e. The molecule has 0 amide bonds. The van der Waals surface area contributed by atoms with E-state index in [1.165, 1.54) is 11.3 Å². The number of aliphatic carboxylic acids is 2. The van der Waals surface area contributed by atoms with Crippen molar-refractivity contribution in [2.24, 2.45) is 0 Å². The zero-order valence-corrected chi connectivity index (χ0v) is 21.6. The lowest BCUT2D eigenvalue weighted by molar-refractivity contribution is -0.159. The highest BCUT2D eigenvalue weighted by Gasteiger charge is 2.21. The van der Waals surface area contributed by atoms with Gasteiger partial charge in [-0.25, -0.2) is 14.6 Å². The number of aryl methyl sites for hydroxylation is 1. The second kappa shape index (κ2) is 13.2. The zero-order chi connectivity index (χ0) is 26.9. The van der Waals surface area contributed by atoms with E-state index in [1.54, 1.807) is 0 Å². The summed E-state index contributed by atoms with van der Waals surface area (Å²) < 4.78 is 8.14. The number of aromatic nitrogens is 2. The fourth-order valence-electron chi connectivity index (χ4n) is 4.32. The Hall–Kier alpha value is -3.47. The first-order valence-corrected chi connectivity index (χ1v) is 12.4. The third kappa shape index (κ3) is 8.01. The van der Waals surface area contributed by atoms with Crippen molar-refractivity contribution < 1.29 is 29.6 Å². The zero-order valence-electron chi connectivity index (χ0n) is 21.6. The summed E-state index contributed by atoms with van der Waals surface area (Å²) in [4.78, 5) is 27.7. The highest BCUT2D eigenvalue weighted by atomic mass is 16.5. The highest BCUT2D eigenvalue weighted by Crippen LogP contribution is 2.26. The van der Waals surface area contributed by atoms with Crippen molar-refractivity contribution in [2.75, 3.05) is 39.3 Å². The van der Waals surface area contributed by atoms with E-state index in [-0.39, 0.29) is 0 Å². The smallest absolute Gasteiger partial charge is 0.414 e. The molecule has 1 aromatic carbocycles. The third-order valence-corrected chi connectivity index (χ3v) is 6.29. The topological polar surface area (TPSA) is 128 Å². The molecule has 2 aromatic heterocycles. The lowest BCUT2D eigenvalue weighted by Gasteiger charge is -2.35. The fourth-order valence-corrected chi connectivity index (χ4v) is 4.32. The number of carboxylic acid groups (broad SMARTS) is 2. The molecular weight excluding hydrogens is 476 g/mol. The van der Waals surface area contributed by atoms with Crippen molar-refractivity contribution in [2.45, 2.75) is 39.3 Å². The Morgan fingerprint density at radius 1 is 0.973 bits per heavy atom. The summed E-state index contributed by atoms with van der Waals surface area (Å²) in [7, 11) is 0. The van der Waals surface area contributed by atoms with Crippen LogP contribution in [0.4, 0.5) is 0 Å². The summed E-state index contributed by atoms with van der Waals surface area (Å²) in [5.74, 6) is -2.37. The van der Waals surface area contributed by atoms with Crippen LogP contribution in [-0.2, 0) is 16.1 Å². The number of pyridine rings is 1. The van der Waals surface area contributed by atoms with E-state index in [0.717, 1.165) is 49.8 Å². The number of hydrogen-bond acceptors (Lipinski definition) is 7. The highest BCUT2D eigenvalue weighted by molar-refractivity contribution is 6.27. The van der Waals surface area contributed by atoms with Crippen molar-refractivity contribution in [3.05, 3.63) is 65.6 Å². The van der Waals surface area contributed by atoms with Gasteiger partial charge in [0.1, 0.15) is 24.1 Å². The molecule has 0 radical (unpaired) electrons. The number of aliphatic hydroxyl groups excluding tert-OH is 1. The van der Waals surface area contributed by atoms with Crippen LogP contribution in [0.1, 0.15) is 36.7 Å². The molecule has 1 aliphatic heterocycles. The Bertz CT molecular complexity index is 1170. The predicted octanol–water partition coefficient (Wildman–Crippen LogP) is 2.48. The molecule has 0 saturated carbocycles. The number of carboxylic acids is 2. The summed E-state index contributed by atoms with van der Waals surface area (Å²) in [6.45, 7) is 12.2. The van der Waals surface area contributed by atoms with Gasteiger partial charge in [0.15, 0.2) is 0 Å². The molecular formula is C27H36N4O6. The molecule has 10 nitrogen and oxygen atoms in total. The number of β-amino-alcohol motifs (C(OH)–C–C–N with tert-alkyl or cyclic N) is 1. The van der Waals surface area contributed by atoms with Crippen LogP contribution in [0, 0.1) is 6.92 Å². The van der Waals surface area contributed by atoms with E-state index in [4.69, 9.17) is 24.5 Å². The van der Waals surface area contributed by atoms with Crippen molar-refractivity contribution in [3.8, 4) is 5.75 Å². The molecule has 1 fully saturated rings. The van der Waals surface area contributed by atoms with Crippen LogP contribution < -0.4 is 4.74 Å². The Labute approximate surface area is 216 Å². The molecule has 37 heavy (non-hydrogen) atoms. The second-order valence-electron chi connectivity index (χ2n) is 9.42. The van der Waals surface area contributed by atoms with Gasteiger partial charge in [0.2, 0.25) is 0 Å². The van der Waals surface area contributed by atoms with E-state index in [9.17, 15) is 5.11 Å². The monoisotopic (exact) mass is 512 g/mol. The van der Waals surface area contributed by atoms with E-state index in [2.05, 4.69) is 64.4 Å². The minimum absolute atomic E-state index is 0.324. The van der Waals surface area contributed by atoms with Crippen LogP contribution in [0.5, 0.6) is 5.75 Å². The fraction of sp³-hybridized carbons (Fsp3) is 0.444. The third-order valence-electron chi connectivity index (χ3n) is 6.29. The average molecular weight is 513 g/mol. The molecule has 10 heteroatoms. The maximum atomic E-state index is 10.5. The molecule has 1 atom stereocenters. The molecule has 0 spiro atoms. The number of para-hydroxylation sites is 1. The minimum atomic E-state index is -1.82. The summed E-state index contributed by atoms with van der Waals surface area (Å²) in [6.07, 6.45) is 1.60. The Balaban J connectivity index is 0.000000568. The Kier molecular flexibility index (Phi) is 10.0. The van der Waals surface area contributed by atoms with E-state index < -0.39 is 18.0 Å². The number of rotatable bonds is 8. The Morgan fingerprint density at radius 2 is 1.59 bits per heavy atom. The number of nitrogens with zero attached hydrogens (tertiary/aromatic N) is 4. The second-order valence-corrected chi connectivity index (χ2v) is 9.42. The van der Waals surface area contributed by atoms with Gasteiger partial charge in [-0.1, -0.05) is 38.1 Å². The van der Waals surface area contributed by atoms with E-state index >= 15 is 0 Å². The van der Waals surface area contributed by atoms with Crippen LogP contribution >= 0.6 is 0 Å². The van der Waals surface area contributed by atoms with Gasteiger partial charge in [0.05, 0.1) is 11.4 Å². The quantitative estimate of drug-likeness (QED) is 0.390. The van der Waals surface area contributed by atoms with Gasteiger partial charge in [-0.05, 0) is 36.6 Å². The number of ether oxygens (including phenoxy) is 1. The predicted molar refractivity (Wildman–Crippen MR) is 139 cm³/mol. The Morgan fingerprint density at radius 3 is 2.24 bits per heavy atom. The van der Waals surface area contributed by atoms with Gasteiger partial charge >= 0.3 is 11.9 Å². The van der Waals surface area contributed by atoms with Gasteiger partial charge in [0, 0.05) is 45.5 Å².